The molecule has 0 radical (unpaired) electrons. The molecule has 0 amide bonds. The maximum absolute atomic E-state index is 11.7. The van der Waals surface area contributed by atoms with Gasteiger partial charge in [-0.05, 0) is 54.4 Å². The highest BCUT2D eigenvalue weighted by Crippen LogP contribution is 2.34. The highest BCUT2D eigenvalue weighted by molar-refractivity contribution is 8.03. The first-order valence-corrected chi connectivity index (χ1v) is 9.85. The Morgan fingerprint density at radius 2 is 2.00 bits per heavy atom. The molecule has 1 N–H and O–H groups in total. The van der Waals surface area contributed by atoms with Crippen molar-refractivity contribution in [3.05, 3.63) is 63.0 Å². The number of oxazole rings is 1. The number of benzene rings is 2. The van der Waals surface area contributed by atoms with E-state index in [2.05, 4.69) is 4.98 Å². The molecular weight excluding hydrogens is 394 g/mol. The second-order valence-corrected chi connectivity index (χ2v) is 7.56. The molecule has 0 unspecified atom stereocenters. The highest BCUT2D eigenvalue weighted by atomic mass is 32.2. The highest BCUT2D eigenvalue weighted by Gasteiger charge is 2.23. The minimum atomic E-state index is -1.16. The predicted octanol–water partition coefficient (Wildman–Crippen LogP) is 4.55. The molecule has 1 fully saturated rings. The maximum Gasteiger partial charge on any atom is 0.342 e. The van der Waals surface area contributed by atoms with Crippen LogP contribution >= 0.6 is 11.8 Å². The third kappa shape index (κ3) is 4.09. The van der Waals surface area contributed by atoms with Crippen molar-refractivity contribution >= 4 is 46.3 Å². The van der Waals surface area contributed by atoms with Crippen molar-refractivity contribution in [2.75, 3.05) is 18.0 Å². The van der Waals surface area contributed by atoms with Crippen LogP contribution < -0.4 is 4.90 Å². The van der Waals surface area contributed by atoms with E-state index in [4.69, 9.17) is 4.42 Å². The van der Waals surface area contributed by atoms with Crippen molar-refractivity contribution in [3.63, 3.8) is 0 Å². The Morgan fingerprint density at radius 3 is 2.69 bits per heavy atom. The number of aromatic nitrogens is 1. The normalized spacial score (nSPS) is 14.5. The van der Waals surface area contributed by atoms with Crippen LogP contribution in [0.4, 0.5) is 11.4 Å². The van der Waals surface area contributed by atoms with Crippen LogP contribution in [0, 0.1) is 10.1 Å². The monoisotopic (exact) mass is 411 g/mol. The molecule has 1 aliphatic rings. The molecule has 1 saturated heterocycles. The van der Waals surface area contributed by atoms with Crippen molar-refractivity contribution < 1.29 is 19.2 Å². The van der Waals surface area contributed by atoms with E-state index in [0.29, 0.717) is 22.4 Å². The number of nitro groups is 1. The van der Waals surface area contributed by atoms with Crippen LogP contribution in [0.3, 0.4) is 0 Å². The van der Waals surface area contributed by atoms with E-state index in [1.165, 1.54) is 12.1 Å². The smallest absolute Gasteiger partial charge is 0.342 e. The number of aliphatic carboxylic acids is 1. The summed E-state index contributed by atoms with van der Waals surface area (Å²) in [5.74, 6) is -1.16. The molecule has 8 nitrogen and oxygen atoms in total. The number of hydrogen-bond donors (Lipinski definition) is 1. The minimum absolute atomic E-state index is 0.0303. The summed E-state index contributed by atoms with van der Waals surface area (Å²) in [6, 6.07) is 11.9. The number of anilines is 1. The molecule has 0 bridgehead atoms. The lowest BCUT2D eigenvalue weighted by Crippen LogP contribution is -2.18. The Balaban J connectivity index is 1.66. The Bertz CT molecular complexity index is 1090. The average molecular weight is 411 g/mol. The molecule has 0 spiro atoms. The fraction of sp³-hybridized carbons (Fsp3) is 0.200. The molecule has 1 aromatic heterocycles. The van der Waals surface area contributed by atoms with Crippen LogP contribution in [0.15, 0.2) is 57.0 Å². The third-order valence-electron chi connectivity index (χ3n) is 4.62. The van der Waals surface area contributed by atoms with Crippen molar-refractivity contribution in [1.82, 2.24) is 4.98 Å². The number of nitro benzene ring substituents is 1. The molecule has 3 aromatic rings. The molecule has 0 saturated carbocycles. The summed E-state index contributed by atoms with van der Waals surface area (Å²) in [6.07, 6.45) is 3.40. The summed E-state index contributed by atoms with van der Waals surface area (Å²) < 4.78 is 5.57. The van der Waals surface area contributed by atoms with Gasteiger partial charge in [-0.25, -0.2) is 9.78 Å². The lowest BCUT2D eigenvalue weighted by molar-refractivity contribution is -0.384. The van der Waals surface area contributed by atoms with E-state index in [1.807, 2.05) is 11.0 Å². The topological polar surface area (TPSA) is 110 Å². The van der Waals surface area contributed by atoms with E-state index in [-0.39, 0.29) is 15.8 Å². The van der Waals surface area contributed by atoms with Gasteiger partial charge in [0.2, 0.25) is 0 Å². The van der Waals surface area contributed by atoms with Gasteiger partial charge < -0.3 is 14.4 Å². The van der Waals surface area contributed by atoms with Crippen LogP contribution in [-0.4, -0.2) is 34.1 Å². The van der Waals surface area contributed by atoms with Crippen molar-refractivity contribution in [3.8, 4) is 0 Å². The van der Waals surface area contributed by atoms with E-state index in [1.54, 1.807) is 30.3 Å². The largest absolute Gasteiger partial charge is 0.477 e. The van der Waals surface area contributed by atoms with E-state index < -0.39 is 10.9 Å². The first-order chi connectivity index (χ1) is 14.0. The quantitative estimate of drug-likeness (QED) is 0.272. The van der Waals surface area contributed by atoms with Gasteiger partial charge in [-0.1, -0.05) is 18.2 Å². The van der Waals surface area contributed by atoms with Crippen molar-refractivity contribution in [2.24, 2.45) is 0 Å². The number of hydrogen-bond acceptors (Lipinski definition) is 7. The van der Waals surface area contributed by atoms with Crippen LogP contribution in [0.1, 0.15) is 18.4 Å². The van der Waals surface area contributed by atoms with Gasteiger partial charge in [-0.15, -0.1) is 0 Å². The lowest BCUT2D eigenvalue weighted by Gasteiger charge is -2.17. The summed E-state index contributed by atoms with van der Waals surface area (Å²) in [5, 5.41) is 21.3. The molecule has 29 heavy (non-hydrogen) atoms. The fourth-order valence-electron chi connectivity index (χ4n) is 3.28. The van der Waals surface area contributed by atoms with Crippen LogP contribution in [-0.2, 0) is 4.79 Å². The standard InChI is InChI=1S/C20H17N3O5S/c24-19(25)18(29-20-21-14-5-1-2-6-17(14)28-20)12-13-7-8-15(16(11-13)23(26)27)22-9-3-4-10-22/h1-2,5-8,11-12H,3-4,9-10H2,(H,24,25)/b18-12+. The number of carboxylic acid groups (broad SMARTS) is 1. The van der Waals surface area contributed by atoms with Gasteiger partial charge in [-0.3, -0.25) is 10.1 Å². The number of para-hydroxylation sites is 2. The Kier molecular flexibility index (Phi) is 5.22. The second kappa shape index (κ2) is 7.96. The van der Waals surface area contributed by atoms with Crippen LogP contribution in [0.2, 0.25) is 0 Å². The number of carboxylic acids is 1. The molecular formula is C20H17N3O5S. The maximum atomic E-state index is 11.7. The summed E-state index contributed by atoms with van der Waals surface area (Å²) >= 11 is 0.865. The predicted molar refractivity (Wildman–Crippen MR) is 110 cm³/mol. The van der Waals surface area contributed by atoms with Gasteiger partial charge in [0.1, 0.15) is 16.1 Å². The van der Waals surface area contributed by atoms with Gasteiger partial charge in [0.05, 0.1) is 4.92 Å². The molecule has 2 aromatic carbocycles. The fourth-order valence-corrected chi connectivity index (χ4v) is 4.02. The number of fused-ring (bicyclic) bond motifs is 1. The van der Waals surface area contributed by atoms with Crippen LogP contribution in [0.5, 0.6) is 0 Å². The van der Waals surface area contributed by atoms with E-state index in [9.17, 15) is 20.0 Å². The average Bonchev–Trinajstić information content (AvgIpc) is 3.36. The summed E-state index contributed by atoms with van der Waals surface area (Å²) in [5.41, 5.74) is 2.15. The van der Waals surface area contributed by atoms with Crippen molar-refractivity contribution in [1.29, 1.82) is 0 Å². The zero-order chi connectivity index (χ0) is 20.4. The SMILES string of the molecule is O=C(O)/C(=C\c1ccc(N2CCCC2)c([N+](=O)[O-])c1)Sc1nc2ccccc2o1. The summed E-state index contributed by atoms with van der Waals surface area (Å²) in [7, 11) is 0. The minimum Gasteiger partial charge on any atom is -0.477 e. The zero-order valence-electron chi connectivity index (χ0n) is 15.3. The second-order valence-electron chi connectivity index (χ2n) is 6.56. The van der Waals surface area contributed by atoms with Crippen LogP contribution in [0.25, 0.3) is 17.2 Å². The first-order valence-electron chi connectivity index (χ1n) is 9.03. The van der Waals surface area contributed by atoms with Gasteiger partial charge in [0.15, 0.2) is 5.58 Å². The zero-order valence-corrected chi connectivity index (χ0v) is 16.1. The molecule has 0 aliphatic carbocycles. The van der Waals surface area contributed by atoms with E-state index >= 15 is 0 Å². The number of thioether (sulfide) groups is 1. The van der Waals surface area contributed by atoms with E-state index in [0.717, 1.165) is 37.7 Å². The molecule has 0 atom stereocenters. The summed E-state index contributed by atoms with van der Waals surface area (Å²) in [6.45, 7) is 1.56. The first kappa shape index (κ1) is 19.0. The van der Waals surface area contributed by atoms with Gasteiger partial charge in [0, 0.05) is 19.2 Å². The Labute approximate surface area is 170 Å². The lowest BCUT2D eigenvalue weighted by atomic mass is 10.1. The summed E-state index contributed by atoms with van der Waals surface area (Å²) in [4.78, 5) is 29.0. The van der Waals surface area contributed by atoms with Gasteiger partial charge in [-0.2, -0.15) is 0 Å². The molecule has 4 rings (SSSR count). The van der Waals surface area contributed by atoms with Gasteiger partial charge in [0.25, 0.3) is 10.9 Å². The third-order valence-corrected chi connectivity index (χ3v) is 5.48. The number of rotatable bonds is 6. The number of carbonyl (C=O) groups is 1. The molecule has 1 aliphatic heterocycles. The van der Waals surface area contributed by atoms with Gasteiger partial charge >= 0.3 is 5.97 Å². The Morgan fingerprint density at radius 1 is 1.24 bits per heavy atom. The molecule has 148 valence electrons. The number of nitrogens with zero attached hydrogens (tertiary/aromatic N) is 3. The molecule has 2 heterocycles. The Hall–Kier alpha value is -3.33. The molecule has 9 heteroatoms. The van der Waals surface area contributed by atoms with Crippen molar-refractivity contribution in [2.45, 2.75) is 18.1 Å².